The van der Waals surface area contributed by atoms with Crippen molar-refractivity contribution in [1.29, 1.82) is 0 Å². The number of benzene rings is 1. The van der Waals surface area contributed by atoms with Crippen LogP contribution >= 0.6 is 11.5 Å². The lowest BCUT2D eigenvalue weighted by Crippen LogP contribution is -2.47. The Hall–Kier alpha value is -1.99. The Morgan fingerprint density at radius 3 is 2.62 bits per heavy atom. The third-order valence-corrected chi connectivity index (χ3v) is 5.11. The Morgan fingerprint density at radius 1 is 1.21 bits per heavy atom. The van der Waals surface area contributed by atoms with Crippen molar-refractivity contribution in [2.24, 2.45) is 0 Å². The zero-order valence-electron chi connectivity index (χ0n) is 13.9. The van der Waals surface area contributed by atoms with E-state index in [9.17, 15) is 4.79 Å². The third kappa shape index (κ3) is 4.30. The Morgan fingerprint density at radius 2 is 1.96 bits per heavy atom. The van der Waals surface area contributed by atoms with E-state index in [-0.39, 0.29) is 5.91 Å². The van der Waals surface area contributed by atoms with Crippen molar-refractivity contribution in [3.63, 3.8) is 0 Å². The van der Waals surface area contributed by atoms with Crippen LogP contribution in [0.4, 0.5) is 5.69 Å². The van der Waals surface area contributed by atoms with Crippen LogP contribution in [-0.2, 0) is 0 Å². The lowest BCUT2D eigenvalue weighted by molar-refractivity contribution is 0.0954. The molecule has 0 aliphatic carbocycles. The average Bonchev–Trinajstić information content (AvgIpc) is 3.06. The number of aryl methyl sites for hydroxylation is 1. The largest absolute Gasteiger partial charge is 0.369 e. The summed E-state index contributed by atoms with van der Waals surface area (Å²) in [6.07, 6.45) is 0.961. The number of amides is 1. The Kier molecular flexibility index (Phi) is 5.77. The van der Waals surface area contributed by atoms with Crippen molar-refractivity contribution in [3.05, 3.63) is 40.9 Å². The SMILES string of the molecule is Cc1nnsc1C(=O)NCCCN1CCN(c2ccccc2)CC1. The number of carbonyl (C=O) groups excluding carboxylic acids is 1. The smallest absolute Gasteiger partial charge is 0.264 e. The molecule has 0 radical (unpaired) electrons. The minimum Gasteiger partial charge on any atom is -0.369 e. The number of hydrogen-bond acceptors (Lipinski definition) is 6. The van der Waals surface area contributed by atoms with E-state index in [1.54, 1.807) is 0 Å². The minimum atomic E-state index is -0.0589. The van der Waals surface area contributed by atoms with Crippen molar-refractivity contribution in [2.45, 2.75) is 13.3 Å². The van der Waals surface area contributed by atoms with Gasteiger partial charge in [0.25, 0.3) is 5.91 Å². The molecule has 24 heavy (non-hydrogen) atoms. The summed E-state index contributed by atoms with van der Waals surface area (Å²) in [5, 5.41) is 6.82. The van der Waals surface area contributed by atoms with Gasteiger partial charge < -0.3 is 10.2 Å². The summed E-state index contributed by atoms with van der Waals surface area (Å²) in [7, 11) is 0. The van der Waals surface area contributed by atoms with Crippen LogP contribution < -0.4 is 10.2 Å². The molecule has 1 N–H and O–H groups in total. The number of piperazine rings is 1. The highest BCUT2D eigenvalue weighted by molar-refractivity contribution is 7.07. The second-order valence-corrected chi connectivity index (χ2v) is 6.72. The molecule has 1 aromatic heterocycles. The van der Waals surface area contributed by atoms with E-state index in [0.717, 1.165) is 50.7 Å². The molecule has 1 amide bonds. The van der Waals surface area contributed by atoms with Crippen LogP contribution in [0.3, 0.4) is 0 Å². The summed E-state index contributed by atoms with van der Waals surface area (Å²) in [6, 6.07) is 10.6. The minimum absolute atomic E-state index is 0.0589. The van der Waals surface area contributed by atoms with E-state index in [2.05, 4.69) is 55.0 Å². The Bertz CT molecular complexity index is 652. The number of hydrogen-bond donors (Lipinski definition) is 1. The summed E-state index contributed by atoms with van der Waals surface area (Å²) in [6.45, 7) is 7.77. The van der Waals surface area contributed by atoms with Crippen molar-refractivity contribution in [1.82, 2.24) is 19.8 Å². The number of rotatable bonds is 6. The second kappa shape index (κ2) is 8.21. The highest BCUT2D eigenvalue weighted by Crippen LogP contribution is 2.15. The van der Waals surface area contributed by atoms with Gasteiger partial charge in [-0.05, 0) is 43.6 Å². The maximum Gasteiger partial charge on any atom is 0.264 e. The number of aromatic nitrogens is 2. The number of nitrogens with zero attached hydrogens (tertiary/aromatic N) is 4. The maximum atomic E-state index is 12.0. The first kappa shape index (κ1) is 16.9. The molecule has 1 fully saturated rings. The predicted octanol–water partition coefficient (Wildman–Crippen LogP) is 1.79. The van der Waals surface area contributed by atoms with Gasteiger partial charge in [-0.2, -0.15) is 0 Å². The molecule has 3 rings (SSSR count). The van der Waals surface area contributed by atoms with Gasteiger partial charge in [0.1, 0.15) is 4.88 Å². The van der Waals surface area contributed by atoms with E-state index in [1.807, 2.05) is 6.92 Å². The number of nitrogens with one attached hydrogen (secondary N) is 1. The molecule has 128 valence electrons. The molecule has 6 nitrogen and oxygen atoms in total. The summed E-state index contributed by atoms with van der Waals surface area (Å²) in [5.41, 5.74) is 2.01. The third-order valence-electron chi connectivity index (χ3n) is 4.29. The average molecular weight is 345 g/mol. The number of anilines is 1. The summed E-state index contributed by atoms with van der Waals surface area (Å²) >= 11 is 1.15. The first-order chi connectivity index (χ1) is 11.7. The van der Waals surface area contributed by atoms with Crippen LogP contribution in [0, 0.1) is 6.92 Å². The molecule has 0 unspecified atom stereocenters. The molecular weight excluding hydrogens is 322 g/mol. The highest BCUT2D eigenvalue weighted by atomic mass is 32.1. The highest BCUT2D eigenvalue weighted by Gasteiger charge is 2.17. The molecule has 1 aromatic carbocycles. The van der Waals surface area contributed by atoms with Crippen molar-refractivity contribution in [2.75, 3.05) is 44.2 Å². The van der Waals surface area contributed by atoms with E-state index < -0.39 is 0 Å². The first-order valence-electron chi connectivity index (χ1n) is 8.33. The molecule has 1 aliphatic rings. The van der Waals surface area contributed by atoms with E-state index in [0.29, 0.717) is 17.1 Å². The molecule has 1 saturated heterocycles. The number of carbonyl (C=O) groups is 1. The first-order valence-corrected chi connectivity index (χ1v) is 9.11. The number of para-hydroxylation sites is 1. The Labute approximate surface area is 146 Å². The lowest BCUT2D eigenvalue weighted by atomic mass is 10.2. The van der Waals surface area contributed by atoms with Gasteiger partial charge in [-0.3, -0.25) is 9.69 Å². The second-order valence-electron chi connectivity index (χ2n) is 5.96. The lowest BCUT2D eigenvalue weighted by Gasteiger charge is -2.36. The van der Waals surface area contributed by atoms with Gasteiger partial charge in [0, 0.05) is 38.4 Å². The normalized spacial score (nSPS) is 15.5. The molecule has 2 heterocycles. The van der Waals surface area contributed by atoms with Gasteiger partial charge in [-0.25, -0.2) is 0 Å². The molecule has 0 bridgehead atoms. The monoisotopic (exact) mass is 345 g/mol. The van der Waals surface area contributed by atoms with Crippen molar-refractivity contribution in [3.8, 4) is 0 Å². The molecule has 2 aromatic rings. The maximum absolute atomic E-state index is 12.0. The Balaban J connectivity index is 1.34. The molecule has 0 spiro atoms. The molecule has 0 atom stereocenters. The topological polar surface area (TPSA) is 61.4 Å². The van der Waals surface area contributed by atoms with Crippen LogP contribution in [0.1, 0.15) is 21.8 Å². The van der Waals surface area contributed by atoms with Crippen LogP contribution in [0.2, 0.25) is 0 Å². The van der Waals surface area contributed by atoms with Crippen LogP contribution in [0.25, 0.3) is 0 Å². The zero-order valence-corrected chi connectivity index (χ0v) is 14.8. The van der Waals surface area contributed by atoms with Gasteiger partial charge in [0.2, 0.25) is 0 Å². The van der Waals surface area contributed by atoms with Gasteiger partial charge >= 0.3 is 0 Å². The van der Waals surface area contributed by atoms with E-state index in [1.165, 1.54) is 5.69 Å². The van der Waals surface area contributed by atoms with Crippen LogP contribution in [0.15, 0.2) is 30.3 Å². The van der Waals surface area contributed by atoms with Crippen molar-refractivity contribution < 1.29 is 4.79 Å². The standard InChI is InChI=1S/C17H23N5OS/c1-14-16(24-20-19-14)17(23)18-8-5-9-21-10-12-22(13-11-21)15-6-3-2-4-7-15/h2-4,6-7H,5,8-13H2,1H3,(H,18,23). The quantitative estimate of drug-likeness (QED) is 0.809. The van der Waals surface area contributed by atoms with E-state index >= 15 is 0 Å². The fourth-order valence-electron chi connectivity index (χ4n) is 2.89. The fraction of sp³-hybridized carbons (Fsp3) is 0.471. The van der Waals surface area contributed by atoms with Gasteiger partial charge in [0.15, 0.2) is 0 Å². The zero-order chi connectivity index (χ0) is 16.8. The summed E-state index contributed by atoms with van der Waals surface area (Å²) in [5.74, 6) is -0.0589. The molecule has 1 aliphatic heterocycles. The molecule has 0 saturated carbocycles. The molecule has 7 heteroatoms. The van der Waals surface area contributed by atoms with Crippen LogP contribution in [0.5, 0.6) is 0 Å². The van der Waals surface area contributed by atoms with Gasteiger partial charge in [0.05, 0.1) is 5.69 Å². The molecular formula is C17H23N5OS. The van der Waals surface area contributed by atoms with Gasteiger partial charge in [-0.1, -0.05) is 22.7 Å². The predicted molar refractivity (Wildman–Crippen MR) is 96.7 cm³/mol. The fourth-order valence-corrected chi connectivity index (χ4v) is 3.47. The summed E-state index contributed by atoms with van der Waals surface area (Å²) < 4.78 is 3.79. The van der Waals surface area contributed by atoms with Crippen molar-refractivity contribution >= 4 is 23.1 Å². The summed E-state index contributed by atoms with van der Waals surface area (Å²) in [4.78, 5) is 17.5. The van der Waals surface area contributed by atoms with Gasteiger partial charge in [-0.15, -0.1) is 5.10 Å². The van der Waals surface area contributed by atoms with E-state index in [4.69, 9.17) is 0 Å². The van der Waals surface area contributed by atoms with Crippen LogP contribution in [-0.4, -0.2) is 59.7 Å².